The maximum Gasteiger partial charge on any atom is 0.259 e. The third kappa shape index (κ3) is 1.93. The predicted molar refractivity (Wildman–Crippen MR) is 47.7 cm³/mol. The molecule has 0 aromatic heterocycles. The first-order valence-corrected chi connectivity index (χ1v) is 3.83. The summed E-state index contributed by atoms with van der Waals surface area (Å²) in [5, 5.41) is 28.9. The van der Waals surface area contributed by atoms with E-state index in [4.69, 9.17) is 5.26 Å². The number of nitrogens with one attached hydrogen (secondary N) is 1. The van der Waals surface area contributed by atoms with Crippen molar-refractivity contribution >= 4 is 5.91 Å². The number of nitrogens with zero attached hydrogens (tertiary/aromatic N) is 1. The minimum absolute atomic E-state index is 0.174. The Morgan fingerprint density at radius 1 is 1.43 bits per heavy atom. The van der Waals surface area contributed by atoms with Crippen LogP contribution < -0.4 is 5.32 Å². The highest BCUT2D eigenvalue weighted by Gasteiger charge is 2.14. The average Bonchev–Trinajstić information content (AvgIpc) is 2.14. The van der Waals surface area contributed by atoms with Gasteiger partial charge in [-0.3, -0.25) is 4.79 Å². The third-order valence-electron chi connectivity index (χ3n) is 1.58. The maximum absolute atomic E-state index is 11.3. The topological polar surface area (TPSA) is 93.4 Å². The Balaban J connectivity index is 2.95. The number of phenolic OH excluding ortho intramolecular Hbond substituents is 2. The molecule has 0 aliphatic rings. The van der Waals surface area contributed by atoms with Crippen LogP contribution in [0.1, 0.15) is 10.4 Å². The zero-order valence-electron chi connectivity index (χ0n) is 7.19. The fourth-order valence-corrected chi connectivity index (χ4v) is 0.969. The fourth-order valence-electron chi connectivity index (χ4n) is 0.969. The van der Waals surface area contributed by atoms with Crippen LogP contribution in [0.25, 0.3) is 0 Å². The summed E-state index contributed by atoms with van der Waals surface area (Å²) in [5.74, 6) is -1.32. The molecule has 1 amide bonds. The van der Waals surface area contributed by atoms with Gasteiger partial charge in [0.25, 0.3) is 5.91 Å². The van der Waals surface area contributed by atoms with E-state index in [2.05, 4.69) is 5.32 Å². The molecular formula is C9H8N2O3. The number of nitriles is 1. The van der Waals surface area contributed by atoms with Gasteiger partial charge in [-0.05, 0) is 12.1 Å². The van der Waals surface area contributed by atoms with Crippen LogP contribution in [0.4, 0.5) is 0 Å². The van der Waals surface area contributed by atoms with Crippen molar-refractivity contribution in [2.75, 3.05) is 6.54 Å². The highest BCUT2D eigenvalue weighted by Crippen LogP contribution is 2.25. The zero-order valence-corrected chi connectivity index (χ0v) is 7.19. The second kappa shape index (κ2) is 4.14. The van der Waals surface area contributed by atoms with Crippen LogP contribution in [0.3, 0.4) is 0 Å². The van der Waals surface area contributed by atoms with Gasteiger partial charge in [0.2, 0.25) is 0 Å². The Hall–Kier alpha value is -2.22. The molecule has 72 valence electrons. The first-order valence-electron chi connectivity index (χ1n) is 3.83. The highest BCUT2D eigenvalue weighted by molar-refractivity contribution is 5.99. The predicted octanol–water partition coefficient (Wildman–Crippen LogP) is 0.351. The fraction of sp³-hybridized carbons (Fsp3) is 0.111. The van der Waals surface area contributed by atoms with Crippen LogP contribution in [-0.2, 0) is 0 Å². The molecule has 0 saturated carbocycles. The van der Waals surface area contributed by atoms with Crippen LogP contribution in [0, 0.1) is 11.3 Å². The van der Waals surface area contributed by atoms with Gasteiger partial charge >= 0.3 is 0 Å². The molecule has 0 aliphatic heterocycles. The van der Waals surface area contributed by atoms with E-state index in [9.17, 15) is 15.0 Å². The van der Waals surface area contributed by atoms with Crippen molar-refractivity contribution in [3.8, 4) is 17.6 Å². The number of carbonyl (C=O) groups is 1. The number of phenols is 2. The van der Waals surface area contributed by atoms with Crippen molar-refractivity contribution in [1.29, 1.82) is 5.26 Å². The van der Waals surface area contributed by atoms with Gasteiger partial charge in [-0.15, -0.1) is 0 Å². The Bertz CT molecular complexity index is 375. The Morgan fingerprint density at radius 3 is 2.50 bits per heavy atom. The van der Waals surface area contributed by atoms with Crippen molar-refractivity contribution in [1.82, 2.24) is 5.32 Å². The molecule has 0 saturated heterocycles. The maximum atomic E-state index is 11.3. The number of hydrogen-bond acceptors (Lipinski definition) is 4. The lowest BCUT2D eigenvalue weighted by Gasteiger charge is -2.05. The van der Waals surface area contributed by atoms with Crippen molar-refractivity contribution < 1.29 is 15.0 Å². The molecule has 3 N–H and O–H groups in total. The van der Waals surface area contributed by atoms with Gasteiger partial charge in [0.15, 0.2) is 0 Å². The molecule has 14 heavy (non-hydrogen) atoms. The van der Waals surface area contributed by atoms with Gasteiger partial charge in [0, 0.05) is 0 Å². The van der Waals surface area contributed by atoms with Crippen LogP contribution in [-0.4, -0.2) is 22.7 Å². The smallest absolute Gasteiger partial charge is 0.259 e. The molecule has 0 radical (unpaired) electrons. The molecule has 0 aliphatic carbocycles. The summed E-state index contributed by atoms with van der Waals surface area (Å²) >= 11 is 0. The molecule has 1 aromatic rings. The lowest BCUT2D eigenvalue weighted by atomic mass is 10.1. The van der Waals surface area contributed by atoms with Gasteiger partial charge in [-0.1, -0.05) is 6.07 Å². The van der Waals surface area contributed by atoms with E-state index in [1.165, 1.54) is 18.2 Å². The number of aromatic hydroxyl groups is 2. The van der Waals surface area contributed by atoms with Crippen molar-refractivity contribution in [2.24, 2.45) is 0 Å². The molecular weight excluding hydrogens is 184 g/mol. The van der Waals surface area contributed by atoms with Crippen molar-refractivity contribution in [3.05, 3.63) is 23.8 Å². The standard InChI is InChI=1S/C9H8N2O3/c10-4-5-11-9(14)8-6(12)2-1-3-7(8)13/h1-3,12-13H,5H2,(H,11,14). The van der Waals surface area contributed by atoms with E-state index in [1.807, 2.05) is 0 Å². The van der Waals surface area contributed by atoms with Gasteiger partial charge < -0.3 is 15.5 Å². The van der Waals surface area contributed by atoms with E-state index in [0.29, 0.717) is 0 Å². The summed E-state index contributed by atoms with van der Waals surface area (Å²) in [6, 6.07) is 5.68. The minimum atomic E-state index is -0.679. The van der Waals surface area contributed by atoms with Crippen LogP contribution in [0.5, 0.6) is 11.5 Å². The van der Waals surface area contributed by atoms with Gasteiger partial charge in [-0.25, -0.2) is 0 Å². The van der Waals surface area contributed by atoms with Gasteiger partial charge in [-0.2, -0.15) is 5.26 Å². The molecule has 0 unspecified atom stereocenters. The number of amides is 1. The lowest BCUT2D eigenvalue weighted by Crippen LogP contribution is -2.23. The molecule has 5 heteroatoms. The monoisotopic (exact) mass is 192 g/mol. The summed E-state index contributed by atoms with van der Waals surface area (Å²) in [4.78, 5) is 11.3. The van der Waals surface area contributed by atoms with E-state index in [-0.39, 0.29) is 23.6 Å². The highest BCUT2D eigenvalue weighted by atomic mass is 16.3. The summed E-state index contributed by atoms with van der Waals surface area (Å²) in [6.07, 6.45) is 0. The third-order valence-corrected chi connectivity index (χ3v) is 1.58. The average molecular weight is 192 g/mol. The second-order valence-electron chi connectivity index (χ2n) is 2.51. The van der Waals surface area contributed by atoms with Crippen LogP contribution >= 0.6 is 0 Å². The van der Waals surface area contributed by atoms with Gasteiger partial charge in [0.1, 0.15) is 23.6 Å². The quantitative estimate of drug-likeness (QED) is 0.589. The van der Waals surface area contributed by atoms with E-state index >= 15 is 0 Å². The number of rotatable bonds is 2. The summed E-state index contributed by atoms with van der Waals surface area (Å²) < 4.78 is 0. The Kier molecular flexibility index (Phi) is 2.92. The first-order chi connectivity index (χ1) is 6.66. The first kappa shape index (κ1) is 9.86. The second-order valence-corrected chi connectivity index (χ2v) is 2.51. The van der Waals surface area contributed by atoms with E-state index in [1.54, 1.807) is 6.07 Å². The number of hydrogen-bond donors (Lipinski definition) is 3. The number of carbonyl (C=O) groups excluding carboxylic acids is 1. The molecule has 0 heterocycles. The van der Waals surface area contributed by atoms with Crippen molar-refractivity contribution in [3.63, 3.8) is 0 Å². The summed E-state index contributed by atoms with van der Waals surface area (Å²) in [5.41, 5.74) is -0.220. The molecule has 1 aromatic carbocycles. The molecule has 0 fully saturated rings. The molecule has 0 bridgehead atoms. The zero-order chi connectivity index (χ0) is 10.6. The molecule has 0 atom stereocenters. The lowest BCUT2D eigenvalue weighted by molar-refractivity contribution is 0.0953. The van der Waals surface area contributed by atoms with Crippen molar-refractivity contribution in [2.45, 2.75) is 0 Å². The minimum Gasteiger partial charge on any atom is -0.507 e. The van der Waals surface area contributed by atoms with E-state index in [0.717, 1.165) is 0 Å². The summed E-state index contributed by atoms with van der Waals surface area (Å²) in [6.45, 7) is -0.174. The largest absolute Gasteiger partial charge is 0.507 e. The van der Waals surface area contributed by atoms with E-state index < -0.39 is 5.91 Å². The Labute approximate surface area is 80.2 Å². The number of benzene rings is 1. The summed E-state index contributed by atoms with van der Waals surface area (Å²) in [7, 11) is 0. The van der Waals surface area contributed by atoms with Gasteiger partial charge in [0.05, 0.1) is 6.07 Å². The Morgan fingerprint density at radius 2 is 2.00 bits per heavy atom. The SMILES string of the molecule is N#CCNC(=O)c1c(O)cccc1O. The molecule has 1 rings (SSSR count). The molecule has 5 nitrogen and oxygen atoms in total. The van der Waals surface area contributed by atoms with Crippen LogP contribution in [0.2, 0.25) is 0 Å². The normalized spacial score (nSPS) is 9.07. The molecule has 0 spiro atoms. The van der Waals surface area contributed by atoms with Crippen LogP contribution in [0.15, 0.2) is 18.2 Å².